The first-order valence-corrected chi connectivity index (χ1v) is 7.71. The van der Waals surface area contributed by atoms with Crippen molar-refractivity contribution < 1.29 is 0 Å². The summed E-state index contributed by atoms with van der Waals surface area (Å²) in [4.78, 5) is 4.62. The first kappa shape index (κ1) is 14.6. The van der Waals surface area contributed by atoms with Crippen LogP contribution in [0.25, 0.3) is 0 Å². The van der Waals surface area contributed by atoms with Crippen molar-refractivity contribution in [3.05, 3.63) is 18.2 Å². The zero-order valence-electron chi connectivity index (χ0n) is 12.9. The van der Waals surface area contributed by atoms with Crippen LogP contribution in [0.4, 0.5) is 0 Å². The Kier molecular flexibility index (Phi) is 4.67. The van der Waals surface area contributed by atoms with E-state index < -0.39 is 0 Å². The van der Waals surface area contributed by atoms with Crippen LogP contribution in [-0.4, -0.2) is 22.6 Å². The molecule has 0 aliphatic heterocycles. The first-order chi connectivity index (χ1) is 9.03. The third kappa shape index (κ3) is 3.59. The minimum absolute atomic E-state index is 0.456. The Morgan fingerprint density at radius 1 is 1.47 bits per heavy atom. The van der Waals surface area contributed by atoms with Crippen molar-refractivity contribution in [3.8, 4) is 0 Å². The fourth-order valence-electron chi connectivity index (χ4n) is 3.39. The van der Waals surface area contributed by atoms with Gasteiger partial charge in [-0.25, -0.2) is 4.98 Å². The molecule has 1 aliphatic carbocycles. The summed E-state index contributed by atoms with van der Waals surface area (Å²) in [6.07, 6.45) is 9.15. The molecule has 1 aliphatic rings. The molecule has 1 aromatic rings. The smallest absolute Gasteiger partial charge is 0.111 e. The molecule has 3 nitrogen and oxygen atoms in total. The van der Waals surface area contributed by atoms with Gasteiger partial charge in [-0.15, -0.1) is 0 Å². The van der Waals surface area contributed by atoms with Crippen LogP contribution < -0.4 is 5.32 Å². The molecule has 3 heteroatoms. The number of imidazole rings is 1. The molecule has 1 fully saturated rings. The van der Waals surface area contributed by atoms with Crippen molar-refractivity contribution in [2.45, 2.75) is 52.4 Å². The highest BCUT2D eigenvalue weighted by atomic mass is 15.0. The van der Waals surface area contributed by atoms with Crippen molar-refractivity contribution in [2.75, 3.05) is 13.1 Å². The highest BCUT2D eigenvalue weighted by Gasteiger charge is 2.37. The van der Waals surface area contributed by atoms with E-state index in [1.165, 1.54) is 31.5 Å². The normalized spacial score (nSPS) is 26.5. The van der Waals surface area contributed by atoms with Crippen LogP contribution in [0.1, 0.15) is 58.2 Å². The van der Waals surface area contributed by atoms with Gasteiger partial charge in [0.05, 0.1) is 0 Å². The van der Waals surface area contributed by atoms with E-state index in [4.69, 9.17) is 0 Å². The maximum absolute atomic E-state index is 4.62. The lowest BCUT2D eigenvalue weighted by Crippen LogP contribution is -2.36. The van der Waals surface area contributed by atoms with Gasteiger partial charge in [0.1, 0.15) is 5.82 Å². The summed E-state index contributed by atoms with van der Waals surface area (Å²) in [7, 11) is 2.13. The van der Waals surface area contributed by atoms with Crippen LogP contribution in [0.5, 0.6) is 0 Å². The van der Waals surface area contributed by atoms with Crippen molar-refractivity contribution in [1.82, 2.24) is 14.9 Å². The van der Waals surface area contributed by atoms with Gasteiger partial charge in [-0.2, -0.15) is 0 Å². The highest BCUT2D eigenvalue weighted by molar-refractivity contribution is 5.06. The number of aryl methyl sites for hydroxylation is 1. The fourth-order valence-corrected chi connectivity index (χ4v) is 3.39. The second-order valence-corrected chi connectivity index (χ2v) is 6.87. The lowest BCUT2D eigenvalue weighted by Gasteiger charge is -2.40. The quantitative estimate of drug-likeness (QED) is 0.826. The van der Waals surface area contributed by atoms with Gasteiger partial charge in [-0.3, -0.25) is 0 Å². The molecule has 2 atom stereocenters. The average molecular weight is 263 g/mol. The van der Waals surface area contributed by atoms with Crippen LogP contribution >= 0.6 is 0 Å². The predicted octanol–water partition coefficient (Wildman–Crippen LogP) is 3.33. The second kappa shape index (κ2) is 6.08. The van der Waals surface area contributed by atoms with Crippen molar-refractivity contribution in [1.29, 1.82) is 0 Å². The van der Waals surface area contributed by atoms with Gasteiger partial charge in [0, 0.05) is 25.4 Å². The topological polar surface area (TPSA) is 29.9 Å². The maximum atomic E-state index is 4.62. The Labute approximate surface area is 117 Å². The van der Waals surface area contributed by atoms with Gasteiger partial charge >= 0.3 is 0 Å². The van der Waals surface area contributed by atoms with Crippen LogP contribution in [0, 0.1) is 11.3 Å². The lowest BCUT2D eigenvalue weighted by molar-refractivity contribution is 0.153. The average Bonchev–Trinajstić information content (AvgIpc) is 2.77. The minimum Gasteiger partial charge on any atom is -0.338 e. The molecular weight excluding hydrogens is 234 g/mol. The molecule has 1 heterocycles. The van der Waals surface area contributed by atoms with E-state index in [2.05, 4.69) is 48.9 Å². The Balaban J connectivity index is 2.10. The summed E-state index contributed by atoms with van der Waals surface area (Å²) >= 11 is 0. The summed E-state index contributed by atoms with van der Waals surface area (Å²) in [5, 5.41) is 3.61. The van der Waals surface area contributed by atoms with Crippen LogP contribution in [0.15, 0.2) is 12.4 Å². The number of nitrogens with one attached hydrogen (secondary N) is 1. The third-order valence-electron chi connectivity index (χ3n) is 4.56. The van der Waals surface area contributed by atoms with E-state index in [0.717, 1.165) is 19.0 Å². The number of aromatic nitrogens is 2. The van der Waals surface area contributed by atoms with Crippen LogP contribution in [-0.2, 0) is 7.05 Å². The number of rotatable bonds is 5. The molecule has 0 spiro atoms. The van der Waals surface area contributed by atoms with Crippen LogP contribution in [0.2, 0.25) is 0 Å². The Bertz CT molecular complexity index is 394. The number of hydrogen-bond acceptors (Lipinski definition) is 2. The fraction of sp³-hybridized carbons (Fsp3) is 0.812. The molecule has 1 N–H and O–H groups in total. The molecule has 0 bridgehead atoms. The molecule has 108 valence electrons. The summed E-state index contributed by atoms with van der Waals surface area (Å²) in [6, 6.07) is 0. The van der Waals surface area contributed by atoms with E-state index in [0.29, 0.717) is 11.3 Å². The summed E-state index contributed by atoms with van der Waals surface area (Å²) in [5.74, 6) is 2.62. The van der Waals surface area contributed by atoms with Crippen molar-refractivity contribution in [3.63, 3.8) is 0 Å². The Morgan fingerprint density at radius 3 is 2.89 bits per heavy atom. The Morgan fingerprint density at radius 2 is 2.26 bits per heavy atom. The van der Waals surface area contributed by atoms with Gasteiger partial charge in [0.2, 0.25) is 0 Å². The summed E-state index contributed by atoms with van der Waals surface area (Å²) in [5.41, 5.74) is 0.456. The van der Waals surface area contributed by atoms with Gasteiger partial charge < -0.3 is 9.88 Å². The maximum Gasteiger partial charge on any atom is 0.111 e. The zero-order valence-corrected chi connectivity index (χ0v) is 12.9. The van der Waals surface area contributed by atoms with Gasteiger partial charge in [-0.1, -0.05) is 20.8 Å². The third-order valence-corrected chi connectivity index (χ3v) is 4.56. The van der Waals surface area contributed by atoms with Gasteiger partial charge in [0.15, 0.2) is 0 Å². The largest absolute Gasteiger partial charge is 0.338 e. The van der Waals surface area contributed by atoms with E-state index in [9.17, 15) is 0 Å². The molecule has 0 aromatic carbocycles. The summed E-state index contributed by atoms with van der Waals surface area (Å²) < 4.78 is 2.21. The molecule has 2 rings (SSSR count). The Hall–Kier alpha value is -0.830. The summed E-state index contributed by atoms with van der Waals surface area (Å²) in [6.45, 7) is 9.30. The number of hydrogen-bond donors (Lipinski definition) is 1. The molecule has 0 saturated heterocycles. The molecule has 19 heavy (non-hydrogen) atoms. The zero-order chi connectivity index (χ0) is 13.9. The predicted molar refractivity (Wildman–Crippen MR) is 80.2 cm³/mol. The van der Waals surface area contributed by atoms with Gasteiger partial charge in [-0.05, 0) is 50.1 Å². The molecule has 1 aromatic heterocycles. The van der Waals surface area contributed by atoms with Gasteiger partial charge in [0.25, 0.3) is 0 Å². The van der Waals surface area contributed by atoms with E-state index in [-0.39, 0.29) is 0 Å². The monoisotopic (exact) mass is 263 g/mol. The van der Waals surface area contributed by atoms with E-state index >= 15 is 0 Å². The van der Waals surface area contributed by atoms with E-state index in [1.54, 1.807) is 0 Å². The second-order valence-electron chi connectivity index (χ2n) is 6.87. The highest BCUT2D eigenvalue weighted by Crippen LogP contribution is 2.45. The molecule has 0 amide bonds. The first-order valence-electron chi connectivity index (χ1n) is 7.71. The van der Waals surface area contributed by atoms with E-state index in [1.807, 2.05) is 6.20 Å². The standard InChI is InChI=1S/C16H29N3/c1-5-8-17-12-13-6-7-16(2,3)11-14(13)15-18-9-10-19(15)4/h9-10,13-14,17H,5-8,11-12H2,1-4H3. The molecule has 0 radical (unpaired) electrons. The van der Waals surface area contributed by atoms with Crippen LogP contribution in [0.3, 0.4) is 0 Å². The SMILES string of the molecule is CCCNCC1CCC(C)(C)CC1c1nccn1C. The molecule has 2 unspecified atom stereocenters. The molecule has 1 saturated carbocycles. The lowest BCUT2D eigenvalue weighted by atomic mass is 9.67. The minimum atomic E-state index is 0.456. The van der Waals surface area contributed by atoms with Crippen molar-refractivity contribution in [2.24, 2.45) is 18.4 Å². The number of nitrogens with zero attached hydrogens (tertiary/aromatic N) is 2. The van der Waals surface area contributed by atoms with Crippen molar-refractivity contribution >= 4 is 0 Å². The molecular formula is C16H29N3.